The Balaban J connectivity index is 2.20. The van der Waals surface area contributed by atoms with Gasteiger partial charge >= 0.3 is 0 Å². The second-order valence-electron chi connectivity index (χ2n) is 8.01. The van der Waals surface area contributed by atoms with Gasteiger partial charge in [-0.05, 0) is 17.0 Å². The first-order chi connectivity index (χ1) is 13.3. The molecule has 0 aliphatic heterocycles. The lowest BCUT2D eigenvalue weighted by Gasteiger charge is -2.24. The van der Waals surface area contributed by atoms with Gasteiger partial charge in [0, 0.05) is 22.3 Å². The maximum Gasteiger partial charge on any atom is 0.153 e. The van der Waals surface area contributed by atoms with Crippen molar-refractivity contribution in [2.75, 3.05) is 0 Å². The first kappa shape index (κ1) is 20.1. The van der Waals surface area contributed by atoms with E-state index in [4.69, 9.17) is 0 Å². The number of phenols is 1. The Hall–Kier alpha value is -2.64. The summed E-state index contributed by atoms with van der Waals surface area (Å²) in [6.45, 7) is 6.14. The smallest absolute Gasteiger partial charge is 0.153 e. The fourth-order valence-corrected chi connectivity index (χ4v) is 5.96. The number of carbonyl (C=O) groups is 1. The van der Waals surface area contributed by atoms with Crippen molar-refractivity contribution in [3.63, 3.8) is 0 Å². The van der Waals surface area contributed by atoms with E-state index in [2.05, 4.69) is 0 Å². The number of hydrogen-bond acceptors (Lipinski definition) is 3. The van der Waals surface area contributed by atoms with Crippen LogP contribution in [0.1, 0.15) is 42.3 Å². The Bertz CT molecular complexity index is 975. The summed E-state index contributed by atoms with van der Waals surface area (Å²) in [6.07, 6.45) is 0.807. The molecule has 0 bridgehead atoms. The van der Waals surface area contributed by atoms with Gasteiger partial charge < -0.3 is 9.67 Å². The molecule has 0 amide bonds. The largest absolute Gasteiger partial charge is 0.507 e. The lowest BCUT2D eigenvalue weighted by atomic mass is 9.85. The van der Waals surface area contributed by atoms with Crippen LogP contribution in [0.5, 0.6) is 5.75 Å². The molecular formula is C24H25O3P. The van der Waals surface area contributed by atoms with E-state index >= 15 is 0 Å². The molecule has 4 heteroatoms. The van der Waals surface area contributed by atoms with E-state index in [1.807, 2.05) is 87.5 Å². The SMILES string of the molecule is CC(C)(C)c1cc(C=O)c(O)c(CP(=O)(c2ccccc2)c2ccccc2)c1. The van der Waals surface area contributed by atoms with Crippen molar-refractivity contribution in [1.82, 2.24) is 0 Å². The predicted molar refractivity (Wildman–Crippen MR) is 116 cm³/mol. The molecular weight excluding hydrogens is 367 g/mol. The van der Waals surface area contributed by atoms with Crippen molar-refractivity contribution in [3.8, 4) is 5.75 Å². The average Bonchev–Trinajstić information content (AvgIpc) is 2.70. The van der Waals surface area contributed by atoms with Crippen LogP contribution in [0.3, 0.4) is 0 Å². The second kappa shape index (κ2) is 7.77. The zero-order chi connectivity index (χ0) is 20.4. The highest BCUT2D eigenvalue weighted by Crippen LogP contribution is 2.49. The van der Waals surface area contributed by atoms with Crippen molar-refractivity contribution in [1.29, 1.82) is 0 Å². The average molecular weight is 392 g/mol. The molecule has 0 unspecified atom stereocenters. The first-order valence-corrected chi connectivity index (χ1v) is 11.2. The Labute approximate surface area is 166 Å². The molecule has 3 rings (SSSR count). The topological polar surface area (TPSA) is 54.4 Å². The third-order valence-corrected chi connectivity index (χ3v) is 8.00. The van der Waals surface area contributed by atoms with Crippen molar-refractivity contribution >= 4 is 24.0 Å². The fraction of sp³-hybridized carbons (Fsp3) is 0.208. The van der Waals surface area contributed by atoms with Gasteiger partial charge in [-0.25, -0.2) is 0 Å². The maximum atomic E-state index is 14.3. The van der Waals surface area contributed by atoms with Gasteiger partial charge in [-0.2, -0.15) is 0 Å². The number of aldehydes is 1. The van der Waals surface area contributed by atoms with E-state index in [0.717, 1.165) is 16.2 Å². The van der Waals surface area contributed by atoms with E-state index in [0.29, 0.717) is 11.8 Å². The predicted octanol–water partition coefficient (Wildman–Crippen LogP) is 5.02. The third-order valence-electron chi connectivity index (χ3n) is 4.95. The van der Waals surface area contributed by atoms with E-state index in [1.54, 1.807) is 6.07 Å². The van der Waals surface area contributed by atoms with Crippen LogP contribution in [0.25, 0.3) is 0 Å². The van der Waals surface area contributed by atoms with Crippen LogP contribution in [0.4, 0.5) is 0 Å². The molecule has 0 aliphatic carbocycles. The molecule has 0 heterocycles. The molecule has 0 radical (unpaired) electrons. The van der Waals surface area contributed by atoms with Crippen LogP contribution < -0.4 is 10.6 Å². The molecule has 28 heavy (non-hydrogen) atoms. The summed E-state index contributed by atoms with van der Waals surface area (Å²) in [5, 5.41) is 12.1. The van der Waals surface area contributed by atoms with Gasteiger partial charge in [0.05, 0.1) is 5.56 Å². The molecule has 0 atom stereocenters. The van der Waals surface area contributed by atoms with Crippen LogP contribution in [-0.4, -0.2) is 11.4 Å². The lowest BCUT2D eigenvalue weighted by molar-refractivity contribution is 0.112. The van der Waals surface area contributed by atoms with Crippen molar-refractivity contribution < 1.29 is 14.5 Å². The number of phenolic OH excluding ortho intramolecular Hbond substituents is 1. The van der Waals surface area contributed by atoms with Crippen molar-refractivity contribution in [2.45, 2.75) is 32.3 Å². The minimum absolute atomic E-state index is 0.0879. The maximum absolute atomic E-state index is 14.3. The molecule has 144 valence electrons. The van der Waals surface area contributed by atoms with E-state index < -0.39 is 7.14 Å². The fourth-order valence-electron chi connectivity index (χ4n) is 3.27. The Morgan fingerprint density at radius 3 is 1.82 bits per heavy atom. The van der Waals surface area contributed by atoms with Gasteiger partial charge in [-0.15, -0.1) is 0 Å². The van der Waals surface area contributed by atoms with Gasteiger partial charge in [-0.3, -0.25) is 4.79 Å². The highest BCUT2D eigenvalue weighted by Gasteiger charge is 2.30. The Morgan fingerprint density at radius 1 is 0.893 bits per heavy atom. The molecule has 0 spiro atoms. The number of aromatic hydroxyl groups is 1. The molecule has 1 N–H and O–H groups in total. The van der Waals surface area contributed by atoms with Gasteiger partial charge in [0.2, 0.25) is 0 Å². The molecule has 0 aliphatic rings. The van der Waals surface area contributed by atoms with Crippen molar-refractivity contribution in [2.24, 2.45) is 0 Å². The standard InChI is InChI=1S/C24H25O3P/c1-24(2,3)20-14-18(16-25)23(26)19(15-20)17-28(27,21-10-6-4-7-11-21)22-12-8-5-9-13-22/h4-16,26H,17H2,1-3H3. The molecule has 0 fully saturated rings. The van der Waals surface area contributed by atoms with Crippen molar-refractivity contribution in [3.05, 3.63) is 89.5 Å². The quantitative estimate of drug-likeness (QED) is 0.490. The second-order valence-corrected chi connectivity index (χ2v) is 10.8. The zero-order valence-corrected chi connectivity index (χ0v) is 17.3. The number of rotatable bonds is 5. The van der Waals surface area contributed by atoms with Gasteiger partial charge in [-0.1, -0.05) is 87.5 Å². The summed E-state index contributed by atoms with van der Waals surface area (Å²) in [7, 11) is -3.05. The van der Waals surface area contributed by atoms with E-state index in [-0.39, 0.29) is 22.9 Å². The van der Waals surface area contributed by atoms with Crippen LogP contribution in [0.2, 0.25) is 0 Å². The van der Waals surface area contributed by atoms with Crippen LogP contribution in [0.15, 0.2) is 72.8 Å². The normalized spacial score (nSPS) is 12.0. The lowest BCUT2D eigenvalue weighted by Crippen LogP contribution is -2.18. The number of hydrogen-bond donors (Lipinski definition) is 1. The molecule has 3 nitrogen and oxygen atoms in total. The summed E-state index contributed by atoms with van der Waals surface area (Å²) in [6, 6.07) is 22.3. The third kappa shape index (κ3) is 3.95. The highest BCUT2D eigenvalue weighted by molar-refractivity contribution is 7.78. The minimum Gasteiger partial charge on any atom is -0.507 e. The van der Waals surface area contributed by atoms with Gasteiger partial charge in [0.15, 0.2) is 6.29 Å². The molecule has 3 aromatic rings. The van der Waals surface area contributed by atoms with Gasteiger partial charge in [0.1, 0.15) is 12.9 Å². The summed E-state index contributed by atoms with van der Waals surface area (Å²) in [5.74, 6) is -0.0879. The summed E-state index contributed by atoms with van der Waals surface area (Å²) >= 11 is 0. The zero-order valence-electron chi connectivity index (χ0n) is 16.4. The Morgan fingerprint density at radius 2 is 1.39 bits per heavy atom. The minimum atomic E-state index is -3.05. The van der Waals surface area contributed by atoms with Gasteiger partial charge in [0.25, 0.3) is 0 Å². The summed E-state index contributed by atoms with van der Waals surface area (Å²) in [5.41, 5.74) is 1.49. The van der Waals surface area contributed by atoms with Crippen LogP contribution in [-0.2, 0) is 16.1 Å². The molecule has 0 saturated heterocycles. The molecule has 0 aromatic heterocycles. The Kier molecular flexibility index (Phi) is 5.58. The molecule has 3 aromatic carbocycles. The van der Waals surface area contributed by atoms with Crippen LogP contribution >= 0.6 is 7.14 Å². The monoisotopic (exact) mass is 392 g/mol. The molecule has 0 saturated carbocycles. The van der Waals surface area contributed by atoms with E-state index in [9.17, 15) is 14.5 Å². The first-order valence-electron chi connectivity index (χ1n) is 9.27. The van der Waals surface area contributed by atoms with E-state index in [1.165, 1.54) is 0 Å². The van der Waals surface area contributed by atoms with Crippen LogP contribution in [0, 0.1) is 0 Å². The highest BCUT2D eigenvalue weighted by atomic mass is 31.2. The summed E-state index contributed by atoms with van der Waals surface area (Å²) in [4.78, 5) is 11.5. The number of carbonyl (C=O) groups excluding carboxylic acids is 1. The number of benzene rings is 3. The summed E-state index contributed by atoms with van der Waals surface area (Å²) < 4.78 is 14.3.